The second-order valence-corrected chi connectivity index (χ2v) is 8.29. The summed E-state index contributed by atoms with van der Waals surface area (Å²) < 4.78 is 2.19. The van der Waals surface area contributed by atoms with Crippen LogP contribution in [0.5, 0.6) is 0 Å². The van der Waals surface area contributed by atoms with E-state index in [0.29, 0.717) is 17.5 Å². The van der Waals surface area contributed by atoms with Crippen LogP contribution in [-0.2, 0) is 11.3 Å². The van der Waals surface area contributed by atoms with Gasteiger partial charge in [-0.05, 0) is 55.8 Å². The fourth-order valence-electron chi connectivity index (χ4n) is 3.51. The van der Waals surface area contributed by atoms with E-state index in [-0.39, 0.29) is 11.1 Å². The van der Waals surface area contributed by atoms with E-state index in [1.54, 1.807) is 0 Å². The van der Waals surface area contributed by atoms with Crippen LogP contribution in [0.3, 0.4) is 0 Å². The average Bonchev–Trinajstić information content (AvgIpc) is 3.17. The number of hydrogen-bond acceptors (Lipinski definition) is 3. The van der Waals surface area contributed by atoms with Gasteiger partial charge in [0.25, 0.3) is 11.1 Å². The van der Waals surface area contributed by atoms with E-state index in [2.05, 4.69) is 36.7 Å². The molecule has 4 rings (SSSR count). The van der Waals surface area contributed by atoms with Gasteiger partial charge in [0.15, 0.2) is 0 Å². The molecule has 1 aliphatic rings. The Morgan fingerprint density at radius 1 is 1.04 bits per heavy atom. The van der Waals surface area contributed by atoms with Crippen molar-refractivity contribution in [3.05, 3.63) is 76.3 Å². The number of amides is 2. The van der Waals surface area contributed by atoms with Gasteiger partial charge in [0.1, 0.15) is 0 Å². The van der Waals surface area contributed by atoms with Gasteiger partial charge in [0.05, 0.1) is 11.4 Å². The highest BCUT2D eigenvalue weighted by Gasteiger charge is 2.35. The molecule has 1 saturated heterocycles. The highest BCUT2D eigenvalue weighted by Crippen LogP contribution is 2.35. The molecule has 1 aliphatic heterocycles. The van der Waals surface area contributed by atoms with Crippen LogP contribution >= 0.6 is 11.8 Å². The molecule has 0 saturated carbocycles. The monoisotopic (exact) mass is 390 g/mol. The lowest BCUT2D eigenvalue weighted by Gasteiger charge is -2.14. The Kier molecular flexibility index (Phi) is 4.85. The van der Waals surface area contributed by atoms with Crippen molar-refractivity contribution in [2.24, 2.45) is 0 Å². The molecule has 0 bridgehead atoms. The molecule has 142 valence electrons. The summed E-state index contributed by atoms with van der Waals surface area (Å²) in [6.07, 6.45) is 3.91. The Labute approximate surface area is 168 Å². The highest BCUT2D eigenvalue weighted by atomic mass is 32.2. The quantitative estimate of drug-likeness (QED) is 0.531. The molecule has 0 spiro atoms. The summed E-state index contributed by atoms with van der Waals surface area (Å²) in [5, 5.41) is 0.869. The number of benzene rings is 2. The van der Waals surface area contributed by atoms with Gasteiger partial charge < -0.3 is 4.57 Å². The maximum absolute atomic E-state index is 12.9. The van der Waals surface area contributed by atoms with Crippen molar-refractivity contribution in [2.45, 2.75) is 33.4 Å². The summed E-state index contributed by atoms with van der Waals surface area (Å²) in [7, 11) is 0. The molecule has 2 amide bonds. The van der Waals surface area contributed by atoms with Crippen molar-refractivity contribution in [2.75, 3.05) is 0 Å². The normalized spacial score (nSPS) is 16.1. The number of aryl methyl sites for hydroxylation is 1. The van der Waals surface area contributed by atoms with Crippen LogP contribution in [0.1, 0.15) is 36.6 Å². The molecule has 5 heteroatoms. The van der Waals surface area contributed by atoms with Gasteiger partial charge >= 0.3 is 0 Å². The number of nitrogens with zero attached hydrogens (tertiary/aromatic N) is 2. The van der Waals surface area contributed by atoms with E-state index >= 15 is 0 Å². The first-order valence-electron chi connectivity index (χ1n) is 9.35. The fourth-order valence-corrected chi connectivity index (χ4v) is 4.34. The van der Waals surface area contributed by atoms with Crippen molar-refractivity contribution in [1.29, 1.82) is 0 Å². The predicted octanol–water partition coefficient (Wildman–Crippen LogP) is 5.77. The first-order valence-corrected chi connectivity index (χ1v) is 10.2. The number of para-hydroxylation sites is 1. The van der Waals surface area contributed by atoms with Crippen LogP contribution in [0, 0.1) is 6.92 Å². The lowest BCUT2D eigenvalue weighted by Crippen LogP contribution is -2.27. The van der Waals surface area contributed by atoms with Crippen LogP contribution in [0.4, 0.5) is 4.79 Å². The van der Waals surface area contributed by atoms with Gasteiger partial charge in [-0.3, -0.25) is 14.5 Å². The number of thioether (sulfide) groups is 1. The lowest BCUT2D eigenvalue weighted by atomic mass is 10.1. The van der Waals surface area contributed by atoms with Gasteiger partial charge in [-0.1, -0.05) is 42.5 Å². The Balaban J connectivity index is 1.68. The van der Waals surface area contributed by atoms with Crippen molar-refractivity contribution >= 4 is 39.9 Å². The number of carbonyl (C=O) groups excluding carboxylic acids is 2. The fraction of sp³-hybridized carbons (Fsp3) is 0.217. The summed E-state index contributed by atoms with van der Waals surface area (Å²) in [5.41, 5.74) is 4.15. The summed E-state index contributed by atoms with van der Waals surface area (Å²) >= 11 is 1.02. The first-order chi connectivity index (χ1) is 13.5. The van der Waals surface area contributed by atoms with E-state index in [4.69, 9.17) is 0 Å². The Morgan fingerprint density at radius 3 is 2.50 bits per heavy atom. The molecule has 3 aromatic rings. The lowest BCUT2D eigenvalue weighted by molar-refractivity contribution is -0.123. The minimum absolute atomic E-state index is 0.216. The zero-order chi connectivity index (χ0) is 19.8. The third kappa shape index (κ3) is 3.27. The zero-order valence-electron chi connectivity index (χ0n) is 16.2. The third-order valence-corrected chi connectivity index (χ3v) is 5.99. The number of aromatic nitrogens is 1. The van der Waals surface area contributed by atoms with E-state index in [0.717, 1.165) is 39.4 Å². The average molecular weight is 391 g/mol. The number of imide groups is 1. The zero-order valence-corrected chi connectivity index (χ0v) is 17.0. The van der Waals surface area contributed by atoms with Crippen LogP contribution in [-0.4, -0.2) is 20.6 Å². The molecule has 1 fully saturated rings. The van der Waals surface area contributed by atoms with E-state index in [1.807, 2.05) is 49.4 Å². The molecule has 28 heavy (non-hydrogen) atoms. The minimum Gasteiger partial charge on any atom is -0.344 e. The van der Waals surface area contributed by atoms with Gasteiger partial charge in [0, 0.05) is 28.7 Å². The van der Waals surface area contributed by atoms with E-state index < -0.39 is 0 Å². The molecule has 2 heterocycles. The van der Waals surface area contributed by atoms with Crippen LogP contribution in [0.2, 0.25) is 0 Å². The summed E-state index contributed by atoms with van der Waals surface area (Å²) in [4.78, 5) is 27.2. The summed E-state index contributed by atoms with van der Waals surface area (Å²) in [6, 6.07) is 16.3. The largest absolute Gasteiger partial charge is 0.344 e. The molecule has 4 nitrogen and oxygen atoms in total. The summed E-state index contributed by atoms with van der Waals surface area (Å²) in [6.45, 7) is 6.56. The van der Waals surface area contributed by atoms with Crippen molar-refractivity contribution in [3.63, 3.8) is 0 Å². The van der Waals surface area contributed by atoms with Gasteiger partial charge in [0.2, 0.25) is 0 Å². The van der Waals surface area contributed by atoms with Crippen LogP contribution in [0.25, 0.3) is 17.0 Å². The number of hydrogen-bond donors (Lipinski definition) is 0. The summed E-state index contributed by atoms with van der Waals surface area (Å²) in [5.74, 6) is -0.223. The molecule has 2 aromatic carbocycles. The molecular weight excluding hydrogens is 368 g/mol. The van der Waals surface area contributed by atoms with Crippen LogP contribution in [0.15, 0.2) is 59.6 Å². The Hall–Kier alpha value is -2.79. The number of fused-ring (bicyclic) bond motifs is 1. The van der Waals surface area contributed by atoms with Gasteiger partial charge in [-0.2, -0.15) is 0 Å². The molecular formula is C23H22N2O2S. The molecule has 0 atom stereocenters. The molecule has 1 aromatic heterocycles. The molecule has 0 aliphatic carbocycles. The highest BCUT2D eigenvalue weighted by molar-refractivity contribution is 8.18. The van der Waals surface area contributed by atoms with Crippen molar-refractivity contribution in [1.82, 2.24) is 9.47 Å². The van der Waals surface area contributed by atoms with Crippen LogP contribution < -0.4 is 0 Å². The van der Waals surface area contributed by atoms with Gasteiger partial charge in [-0.25, -0.2) is 0 Å². The minimum atomic E-state index is -0.223. The maximum atomic E-state index is 12.9. The first kappa shape index (κ1) is 18.6. The SMILES string of the molecule is Cc1ccccc1CN1C(=O)S/C(=C\c2cn(C(C)C)c3ccccc23)C1=O. The van der Waals surface area contributed by atoms with Gasteiger partial charge in [-0.15, -0.1) is 0 Å². The Morgan fingerprint density at radius 2 is 1.75 bits per heavy atom. The molecule has 0 N–H and O–H groups in total. The van der Waals surface area contributed by atoms with E-state index in [1.165, 1.54) is 4.90 Å². The second kappa shape index (κ2) is 7.32. The predicted molar refractivity (Wildman–Crippen MR) is 115 cm³/mol. The molecule has 0 unspecified atom stereocenters. The topological polar surface area (TPSA) is 42.3 Å². The standard InChI is InChI=1S/C23H22N2O2S/c1-15(2)24-14-18(19-10-6-7-11-20(19)24)12-21-22(26)25(23(27)28-21)13-17-9-5-4-8-16(17)3/h4-12,14-15H,13H2,1-3H3/b21-12-. The number of rotatable bonds is 4. The van der Waals surface area contributed by atoms with E-state index in [9.17, 15) is 9.59 Å². The third-order valence-electron chi connectivity index (χ3n) is 5.08. The number of carbonyl (C=O) groups is 2. The maximum Gasteiger partial charge on any atom is 0.293 e. The second-order valence-electron chi connectivity index (χ2n) is 7.30. The smallest absolute Gasteiger partial charge is 0.293 e. The Bertz CT molecular complexity index is 1110. The molecule has 0 radical (unpaired) electrons. The van der Waals surface area contributed by atoms with Crippen molar-refractivity contribution < 1.29 is 9.59 Å². The van der Waals surface area contributed by atoms with Crippen molar-refractivity contribution in [3.8, 4) is 0 Å².